The Kier molecular flexibility index (Phi) is 7.11. The van der Waals surface area contributed by atoms with Crippen molar-refractivity contribution in [3.63, 3.8) is 0 Å². The summed E-state index contributed by atoms with van der Waals surface area (Å²) in [6, 6.07) is 19.6. The molecular weight excluding hydrogens is 320 g/mol. The minimum absolute atomic E-state index is 0.0287. The molecule has 0 heterocycles. The van der Waals surface area contributed by atoms with Crippen molar-refractivity contribution in [3.8, 4) is 0 Å². The zero-order valence-corrected chi connectivity index (χ0v) is 14.4. The predicted molar refractivity (Wildman–Crippen MR) is 102 cm³/mol. The number of ether oxygens (including phenoxy) is 1. The van der Waals surface area contributed by atoms with E-state index in [4.69, 9.17) is 4.74 Å². The lowest BCUT2D eigenvalue weighted by Crippen LogP contribution is -2.20. The molecular formula is C19H20N2O2S. The highest BCUT2D eigenvalue weighted by molar-refractivity contribution is 7.99. The highest BCUT2D eigenvalue weighted by Crippen LogP contribution is 2.29. The second kappa shape index (κ2) is 9.57. The molecule has 2 aromatic carbocycles. The van der Waals surface area contributed by atoms with E-state index in [-0.39, 0.29) is 5.91 Å². The Balaban J connectivity index is 2.27. The number of amides is 1. The molecule has 5 heteroatoms. The molecule has 0 aliphatic carbocycles. The molecule has 1 amide bonds. The second-order valence-electron chi connectivity index (χ2n) is 4.85. The van der Waals surface area contributed by atoms with Crippen LogP contribution in [-0.2, 0) is 9.53 Å². The van der Waals surface area contributed by atoms with Gasteiger partial charge in [0.05, 0.1) is 5.75 Å². The molecule has 0 aliphatic heterocycles. The van der Waals surface area contributed by atoms with Crippen molar-refractivity contribution < 1.29 is 9.53 Å². The van der Waals surface area contributed by atoms with Crippen LogP contribution in [0.5, 0.6) is 0 Å². The first-order valence-electron chi connectivity index (χ1n) is 7.49. The van der Waals surface area contributed by atoms with E-state index in [1.165, 1.54) is 11.8 Å². The van der Waals surface area contributed by atoms with Crippen molar-refractivity contribution in [3.05, 3.63) is 71.8 Å². The zero-order chi connectivity index (χ0) is 17.2. The lowest BCUT2D eigenvalue weighted by atomic mass is 10.1. The molecule has 0 fully saturated rings. The van der Waals surface area contributed by atoms with Crippen molar-refractivity contribution in [2.75, 3.05) is 18.7 Å². The summed E-state index contributed by atoms with van der Waals surface area (Å²) in [6.45, 7) is 3.69. The van der Waals surface area contributed by atoms with Gasteiger partial charge in [0.15, 0.2) is 5.76 Å². The van der Waals surface area contributed by atoms with E-state index in [1.807, 2.05) is 60.7 Å². The van der Waals surface area contributed by atoms with Gasteiger partial charge in [-0.1, -0.05) is 60.7 Å². The van der Waals surface area contributed by atoms with Gasteiger partial charge >= 0.3 is 0 Å². The van der Waals surface area contributed by atoms with Gasteiger partial charge in [-0.3, -0.25) is 9.79 Å². The minimum Gasteiger partial charge on any atom is -0.480 e. The van der Waals surface area contributed by atoms with Gasteiger partial charge in [0.25, 0.3) is 0 Å². The summed E-state index contributed by atoms with van der Waals surface area (Å²) in [5, 5.41) is 2.59. The van der Waals surface area contributed by atoms with E-state index in [2.05, 4.69) is 17.0 Å². The molecule has 0 spiro atoms. The fourth-order valence-corrected chi connectivity index (χ4v) is 2.69. The summed E-state index contributed by atoms with van der Waals surface area (Å²) in [5.41, 5.74) is 2.54. The maximum absolute atomic E-state index is 11.3. The largest absolute Gasteiger partial charge is 0.480 e. The third kappa shape index (κ3) is 4.99. The van der Waals surface area contributed by atoms with Crippen LogP contribution in [0.3, 0.4) is 0 Å². The van der Waals surface area contributed by atoms with Crippen LogP contribution in [0.2, 0.25) is 0 Å². The third-order valence-electron chi connectivity index (χ3n) is 3.25. The molecule has 0 radical (unpaired) electrons. The van der Waals surface area contributed by atoms with Crippen molar-refractivity contribution >= 4 is 35.8 Å². The van der Waals surface area contributed by atoms with Gasteiger partial charge in [-0.05, 0) is 6.72 Å². The van der Waals surface area contributed by atoms with Gasteiger partial charge < -0.3 is 10.1 Å². The maximum Gasteiger partial charge on any atom is 0.229 e. The summed E-state index contributed by atoms with van der Waals surface area (Å²) in [7, 11) is 1.62. The Morgan fingerprint density at radius 3 is 2.21 bits per heavy atom. The van der Waals surface area contributed by atoms with Crippen molar-refractivity contribution in [1.82, 2.24) is 5.32 Å². The van der Waals surface area contributed by atoms with Gasteiger partial charge in [0.2, 0.25) is 5.91 Å². The molecule has 0 saturated carbocycles. The SMILES string of the molecule is C=N/C(=C(\OCSCC(=O)NC)c1ccccc1)c1ccccc1. The quantitative estimate of drug-likeness (QED) is 0.262. The van der Waals surface area contributed by atoms with E-state index >= 15 is 0 Å². The number of nitrogens with zero attached hydrogens (tertiary/aromatic N) is 1. The summed E-state index contributed by atoms with van der Waals surface area (Å²) >= 11 is 1.40. The molecule has 4 nitrogen and oxygen atoms in total. The number of aliphatic imine (C=N–C) groups is 1. The Hall–Kier alpha value is -2.53. The summed E-state index contributed by atoms with van der Waals surface area (Å²) in [6.07, 6.45) is 0. The lowest BCUT2D eigenvalue weighted by Gasteiger charge is -2.14. The van der Waals surface area contributed by atoms with Crippen LogP contribution in [0.4, 0.5) is 0 Å². The van der Waals surface area contributed by atoms with E-state index in [0.717, 1.165) is 11.1 Å². The highest BCUT2D eigenvalue weighted by atomic mass is 32.2. The molecule has 0 bridgehead atoms. The number of benzene rings is 2. The molecule has 0 unspecified atom stereocenters. The maximum atomic E-state index is 11.3. The number of thioether (sulfide) groups is 1. The van der Waals surface area contributed by atoms with Crippen LogP contribution in [0, 0.1) is 0 Å². The number of carbonyl (C=O) groups is 1. The van der Waals surface area contributed by atoms with E-state index in [1.54, 1.807) is 7.05 Å². The normalized spacial score (nSPS) is 11.4. The zero-order valence-electron chi connectivity index (χ0n) is 13.6. The standard InChI is InChI=1S/C19H20N2O2S/c1-20-17(22)13-24-14-23-19(16-11-7-4-8-12-16)18(21-2)15-9-5-3-6-10-15/h3-12H,2,13-14H2,1H3,(H,20,22)/b19-18-. The first-order valence-corrected chi connectivity index (χ1v) is 8.64. The lowest BCUT2D eigenvalue weighted by molar-refractivity contribution is -0.118. The topological polar surface area (TPSA) is 50.7 Å². The average Bonchev–Trinajstić information content (AvgIpc) is 2.65. The summed E-state index contributed by atoms with van der Waals surface area (Å²) < 4.78 is 5.96. The smallest absolute Gasteiger partial charge is 0.229 e. The van der Waals surface area contributed by atoms with Crippen LogP contribution >= 0.6 is 11.8 Å². The highest BCUT2D eigenvalue weighted by Gasteiger charge is 2.12. The van der Waals surface area contributed by atoms with Crippen LogP contribution in [-0.4, -0.2) is 31.4 Å². The van der Waals surface area contributed by atoms with Crippen LogP contribution < -0.4 is 5.32 Å². The molecule has 124 valence electrons. The Morgan fingerprint density at radius 2 is 1.67 bits per heavy atom. The number of nitrogens with one attached hydrogen (secondary N) is 1. The summed E-state index contributed by atoms with van der Waals surface area (Å²) in [4.78, 5) is 15.5. The van der Waals surface area contributed by atoms with Crippen molar-refractivity contribution in [2.45, 2.75) is 0 Å². The van der Waals surface area contributed by atoms with Gasteiger partial charge in [0, 0.05) is 18.2 Å². The first kappa shape index (κ1) is 17.8. The van der Waals surface area contributed by atoms with Gasteiger partial charge in [-0.2, -0.15) is 0 Å². The first-order chi connectivity index (χ1) is 11.8. The third-order valence-corrected chi connectivity index (χ3v) is 4.01. The number of rotatable bonds is 8. The fourth-order valence-electron chi connectivity index (χ4n) is 2.08. The average molecular weight is 340 g/mol. The molecule has 1 N–H and O–H groups in total. The van der Waals surface area contributed by atoms with Crippen LogP contribution in [0.15, 0.2) is 65.7 Å². The molecule has 0 aromatic heterocycles. The van der Waals surface area contributed by atoms with E-state index in [9.17, 15) is 4.79 Å². The van der Waals surface area contributed by atoms with Crippen molar-refractivity contribution in [2.24, 2.45) is 4.99 Å². The molecule has 2 aromatic rings. The van der Waals surface area contributed by atoms with Crippen LogP contribution in [0.25, 0.3) is 11.5 Å². The van der Waals surface area contributed by atoms with E-state index in [0.29, 0.717) is 23.1 Å². The molecule has 0 atom stereocenters. The number of hydrogen-bond donors (Lipinski definition) is 1. The monoisotopic (exact) mass is 340 g/mol. The molecule has 0 aliphatic rings. The predicted octanol–water partition coefficient (Wildman–Crippen LogP) is 3.67. The molecule has 24 heavy (non-hydrogen) atoms. The Morgan fingerprint density at radius 1 is 1.08 bits per heavy atom. The Labute approximate surface area is 146 Å². The van der Waals surface area contributed by atoms with Gasteiger partial charge in [0.1, 0.15) is 11.6 Å². The van der Waals surface area contributed by atoms with Gasteiger partial charge in [-0.25, -0.2) is 0 Å². The van der Waals surface area contributed by atoms with Gasteiger partial charge in [-0.15, -0.1) is 11.8 Å². The van der Waals surface area contributed by atoms with E-state index < -0.39 is 0 Å². The number of hydrogen-bond acceptors (Lipinski definition) is 4. The van der Waals surface area contributed by atoms with Crippen molar-refractivity contribution in [1.29, 1.82) is 0 Å². The molecule has 0 saturated heterocycles. The Bertz CT molecular complexity index is 700. The molecule has 2 rings (SSSR count). The number of carbonyl (C=O) groups excluding carboxylic acids is 1. The summed E-state index contributed by atoms with van der Waals surface area (Å²) in [5.74, 6) is 1.32. The minimum atomic E-state index is -0.0287. The fraction of sp³-hybridized carbons (Fsp3) is 0.158. The van der Waals surface area contributed by atoms with Crippen LogP contribution in [0.1, 0.15) is 11.1 Å². The second-order valence-corrected chi connectivity index (χ2v) is 5.78.